The second-order valence-corrected chi connectivity index (χ2v) is 4.43. The first-order valence-electron chi connectivity index (χ1n) is 3.46. The van der Waals surface area contributed by atoms with E-state index < -0.39 is 21.6 Å². The van der Waals surface area contributed by atoms with Gasteiger partial charge in [0, 0.05) is 0 Å². The molecule has 0 heterocycles. The molecule has 0 saturated carbocycles. The van der Waals surface area contributed by atoms with Crippen LogP contribution >= 0.6 is 31.9 Å². The first-order valence-corrected chi connectivity index (χ1v) is 5.29. The maximum Gasteiger partial charge on any atom is 0.319 e. The van der Waals surface area contributed by atoms with E-state index in [9.17, 15) is 9.59 Å². The lowest BCUT2D eigenvalue weighted by molar-refractivity contribution is -0.141. The van der Waals surface area contributed by atoms with Crippen LogP contribution in [0.25, 0.3) is 0 Å². The summed E-state index contributed by atoms with van der Waals surface area (Å²) in [6.07, 6.45) is 0.291. The van der Waals surface area contributed by atoms with Crippen molar-refractivity contribution in [3.8, 4) is 0 Å². The van der Waals surface area contributed by atoms with Crippen molar-refractivity contribution >= 4 is 43.8 Å². The number of hydrogen-bond donors (Lipinski definition) is 0. The van der Waals surface area contributed by atoms with Crippen LogP contribution in [-0.4, -0.2) is 35.8 Å². The molecular formula is C7H10Br2O4. The van der Waals surface area contributed by atoms with E-state index in [0.29, 0.717) is 6.42 Å². The van der Waals surface area contributed by atoms with Crippen molar-refractivity contribution in [2.75, 3.05) is 14.2 Å². The summed E-state index contributed by atoms with van der Waals surface area (Å²) in [6.45, 7) is 0. The number of hydrogen-bond acceptors (Lipinski definition) is 4. The normalized spacial score (nSPS) is 14.5. The number of alkyl halides is 2. The van der Waals surface area contributed by atoms with Crippen molar-refractivity contribution in [3.63, 3.8) is 0 Å². The average molecular weight is 318 g/mol. The van der Waals surface area contributed by atoms with Crippen LogP contribution in [0.4, 0.5) is 0 Å². The zero-order valence-corrected chi connectivity index (χ0v) is 10.4. The molecule has 0 aromatic heterocycles. The summed E-state index contributed by atoms with van der Waals surface area (Å²) in [7, 11) is 2.58. The van der Waals surface area contributed by atoms with Gasteiger partial charge in [-0.3, -0.25) is 9.59 Å². The first kappa shape index (κ1) is 12.9. The van der Waals surface area contributed by atoms with Crippen LogP contribution < -0.4 is 0 Å². The minimum absolute atomic E-state index is 0.291. The number of rotatable bonds is 4. The molecule has 0 aromatic rings. The summed E-state index contributed by atoms with van der Waals surface area (Å²) in [5.74, 6) is -0.818. The van der Waals surface area contributed by atoms with Gasteiger partial charge in [0.05, 0.1) is 14.2 Å². The molecule has 6 heteroatoms. The molecule has 0 rings (SSSR count). The van der Waals surface area contributed by atoms with Gasteiger partial charge in [-0.2, -0.15) is 0 Å². The second-order valence-electron chi connectivity index (χ2n) is 2.22. The van der Waals surface area contributed by atoms with E-state index in [1.165, 1.54) is 14.2 Å². The molecule has 0 aliphatic carbocycles. The van der Waals surface area contributed by atoms with Gasteiger partial charge in [-0.05, 0) is 6.42 Å². The third kappa shape index (κ3) is 4.61. The average Bonchev–Trinajstić information content (AvgIpc) is 2.14. The minimum atomic E-state index is -0.499. The summed E-state index contributed by atoms with van der Waals surface area (Å²) in [5.41, 5.74) is 0. The van der Waals surface area contributed by atoms with E-state index in [-0.39, 0.29) is 0 Å². The topological polar surface area (TPSA) is 52.6 Å². The highest BCUT2D eigenvalue weighted by atomic mass is 79.9. The molecule has 0 radical (unpaired) electrons. The number of carbonyl (C=O) groups is 2. The third-order valence-corrected chi connectivity index (χ3v) is 2.82. The van der Waals surface area contributed by atoms with Gasteiger partial charge in [0.1, 0.15) is 9.65 Å². The molecule has 2 unspecified atom stereocenters. The van der Waals surface area contributed by atoms with Gasteiger partial charge in [0.15, 0.2) is 0 Å². The highest BCUT2D eigenvalue weighted by Gasteiger charge is 2.24. The van der Waals surface area contributed by atoms with Crippen molar-refractivity contribution in [1.82, 2.24) is 0 Å². The number of methoxy groups -OCH3 is 2. The smallest absolute Gasteiger partial charge is 0.319 e. The van der Waals surface area contributed by atoms with Crippen LogP contribution in [-0.2, 0) is 19.1 Å². The van der Waals surface area contributed by atoms with E-state index in [0.717, 1.165) is 0 Å². The maximum absolute atomic E-state index is 10.9. The molecule has 76 valence electrons. The van der Waals surface area contributed by atoms with Crippen LogP contribution in [0.15, 0.2) is 0 Å². The Hall–Kier alpha value is -0.100. The Balaban J connectivity index is 3.98. The highest BCUT2D eigenvalue weighted by molar-refractivity contribution is 9.10. The van der Waals surface area contributed by atoms with Crippen molar-refractivity contribution in [1.29, 1.82) is 0 Å². The molecule has 0 spiro atoms. The zero-order chi connectivity index (χ0) is 10.4. The van der Waals surface area contributed by atoms with E-state index >= 15 is 0 Å². The fourth-order valence-corrected chi connectivity index (χ4v) is 2.25. The monoisotopic (exact) mass is 316 g/mol. The molecule has 0 bridgehead atoms. The molecule has 4 nitrogen and oxygen atoms in total. The highest BCUT2D eigenvalue weighted by Crippen LogP contribution is 2.16. The van der Waals surface area contributed by atoms with Crippen LogP contribution in [0, 0.1) is 0 Å². The Morgan fingerprint density at radius 2 is 1.38 bits per heavy atom. The molecule has 0 saturated heterocycles. The van der Waals surface area contributed by atoms with E-state index in [1.807, 2.05) is 0 Å². The van der Waals surface area contributed by atoms with Crippen LogP contribution in [0.2, 0.25) is 0 Å². The fourth-order valence-electron chi connectivity index (χ4n) is 0.630. The van der Waals surface area contributed by atoms with E-state index in [2.05, 4.69) is 41.3 Å². The molecular weight excluding hydrogens is 308 g/mol. The molecule has 0 N–H and O–H groups in total. The summed E-state index contributed by atoms with van der Waals surface area (Å²) in [4.78, 5) is 20.8. The molecule has 13 heavy (non-hydrogen) atoms. The SMILES string of the molecule is COC(=O)C(Br)CC(Br)C(=O)OC. The van der Waals surface area contributed by atoms with Crippen molar-refractivity contribution in [2.24, 2.45) is 0 Å². The maximum atomic E-state index is 10.9. The van der Waals surface area contributed by atoms with Crippen molar-refractivity contribution in [3.05, 3.63) is 0 Å². The summed E-state index contributed by atoms with van der Waals surface area (Å²) < 4.78 is 8.93. The summed E-state index contributed by atoms with van der Waals surface area (Å²) in [5, 5.41) is 0. The van der Waals surface area contributed by atoms with Gasteiger partial charge in [0.2, 0.25) is 0 Å². The Morgan fingerprint density at radius 1 is 1.08 bits per heavy atom. The summed E-state index contributed by atoms with van der Waals surface area (Å²) in [6, 6.07) is 0. The zero-order valence-electron chi connectivity index (χ0n) is 7.25. The van der Waals surface area contributed by atoms with Crippen LogP contribution in [0.1, 0.15) is 6.42 Å². The molecule has 0 aliphatic rings. The number of halogens is 2. The second kappa shape index (κ2) is 6.37. The molecule has 2 atom stereocenters. The molecule has 0 aromatic carbocycles. The van der Waals surface area contributed by atoms with Crippen molar-refractivity contribution in [2.45, 2.75) is 16.1 Å². The van der Waals surface area contributed by atoms with Crippen LogP contribution in [0.3, 0.4) is 0 Å². The number of ether oxygens (including phenoxy) is 2. The summed E-state index contributed by atoms with van der Waals surface area (Å²) >= 11 is 6.18. The number of esters is 2. The Labute approximate surface area is 93.2 Å². The standard InChI is InChI=1S/C7H10Br2O4/c1-12-6(10)4(8)3-5(9)7(11)13-2/h4-5H,3H2,1-2H3. The van der Waals surface area contributed by atoms with E-state index in [4.69, 9.17) is 0 Å². The quantitative estimate of drug-likeness (QED) is 0.578. The van der Waals surface area contributed by atoms with Gasteiger partial charge in [0.25, 0.3) is 0 Å². The Kier molecular flexibility index (Phi) is 6.32. The van der Waals surface area contributed by atoms with Crippen molar-refractivity contribution < 1.29 is 19.1 Å². The molecule has 0 fully saturated rings. The Morgan fingerprint density at radius 3 is 1.62 bits per heavy atom. The predicted octanol–water partition coefficient (Wildman–Crippen LogP) is 1.25. The molecule has 0 aliphatic heterocycles. The number of carbonyl (C=O) groups excluding carboxylic acids is 2. The Bertz CT molecular complexity index is 175. The fraction of sp³-hybridized carbons (Fsp3) is 0.714. The first-order chi connectivity index (χ1) is 6.02. The molecule has 0 amide bonds. The van der Waals surface area contributed by atoms with Gasteiger partial charge in [-0.1, -0.05) is 31.9 Å². The lowest BCUT2D eigenvalue weighted by atomic mass is 10.2. The predicted molar refractivity (Wildman–Crippen MR) is 54.1 cm³/mol. The van der Waals surface area contributed by atoms with Gasteiger partial charge in [-0.15, -0.1) is 0 Å². The van der Waals surface area contributed by atoms with E-state index in [1.54, 1.807) is 0 Å². The minimum Gasteiger partial charge on any atom is -0.468 e. The van der Waals surface area contributed by atoms with Gasteiger partial charge >= 0.3 is 11.9 Å². The van der Waals surface area contributed by atoms with Crippen LogP contribution in [0.5, 0.6) is 0 Å². The lowest BCUT2D eigenvalue weighted by Gasteiger charge is -2.10. The van der Waals surface area contributed by atoms with Gasteiger partial charge in [-0.25, -0.2) is 0 Å². The third-order valence-electron chi connectivity index (χ3n) is 1.33. The lowest BCUT2D eigenvalue weighted by Crippen LogP contribution is -2.24. The van der Waals surface area contributed by atoms with Gasteiger partial charge < -0.3 is 9.47 Å². The largest absolute Gasteiger partial charge is 0.468 e.